The van der Waals surface area contributed by atoms with E-state index < -0.39 is 5.97 Å². The Morgan fingerprint density at radius 2 is 2.00 bits per heavy atom. The molecule has 1 amide bonds. The third-order valence-electron chi connectivity index (χ3n) is 4.37. The number of hydrogen-bond donors (Lipinski definition) is 2. The molecule has 1 aromatic carbocycles. The molecule has 0 saturated carbocycles. The number of dihydropyridines is 1. The van der Waals surface area contributed by atoms with Gasteiger partial charge < -0.3 is 15.4 Å². The summed E-state index contributed by atoms with van der Waals surface area (Å²) < 4.78 is 5.22. The molecule has 2 rings (SSSR count). The smallest absolute Gasteiger partial charge is 0.336 e. The quantitative estimate of drug-likeness (QED) is 0.621. The number of hydrogen-bond acceptors (Lipinski definition) is 6. The number of nitrogens with one attached hydrogen (secondary N) is 2. The van der Waals surface area contributed by atoms with Crippen LogP contribution in [0.4, 0.5) is 5.69 Å². The third-order valence-corrected chi connectivity index (χ3v) is 5.39. The fourth-order valence-corrected chi connectivity index (χ4v) is 4.10. The number of anilines is 1. The van der Waals surface area contributed by atoms with Crippen LogP contribution in [0.5, 0.6) is 0 Å². The first-order valence-corrected chi connectivity index (χ1v) is 10.6. The van der Waals surface area contributed by atoms with E-state index in [1.165, 1.54) is 11.8 Å². The van der Waals surface area contributed by atoms with Crippen LogP contribution in [0.15, 0.2) is 52.2 Å². The average Bonchev–Trinajstić information content (AvgIpc) is 2.67. The lowest BCUT2D eigenvalue weighted by Crippen LogP contribution is -2.31. The molecule has 0 bridgehead atoms. The van der Waals surface area contributed by atoms with E-state index in [1.807, 2.05) is 30.3 Å². The van der Waals surface area contributed by atoms with Gasteiger partial charge in [-0.05, 0) is 38.3 Å². The van der Waals surface area contributed by atoms with Crippen molar-refractivity contribution < 1.29 is 14.3 Å². The average molecular weight is 414 g/mol. The fraction of sp³-hybridized carbons (Fsp3) is 0.409. The second kappa shape index (κ2) is 10.7. The highest BCUT2D eigenvalue weighted by molar-refractivity contribution is 8.03. The van der Waals surface area contributed by atoms with Gasteiger partial charge in [-0.15, -0.1) is 0 Å². The standard InChI is InChI=1S/C22H27N3O3S/c1-5-28-22(27)20-15(4)24-21(18(12-23)17(20)11-14(2)3)29-13-19(26)25-16-9-7-6-8-10-16/h6-10,14,17,24H,5,11,13H2,1-4H3,(H,25,26). The second-order valence-electron chi connectivity index (χ2n) is 7.12. The van der Waals surface area contributed by atoms with Gasteiger partial charge in [-0.1, -0.05) is 43.8 Å². The Kier molecular flexibility index (Phi) is 8.34. The number of nitrogens with zero attached hydrogens (tertiary/aromatic N) is 1. The molecule has 1 atom stereocenters. The Morgan fingerprint density at radius 1 is 1.31 bits per heavy atom. The molecular formula is C22H27N3O3S. The summed E-state index contributed by atoms with van der Waals surface area (Å²) in [5.41, 5.74) is 2.36. The Hall–Kier alpha value is -2.72. The summed E-state index contributed by atoms with van der Waals surface area (Å²) in [6, 6.07) is 11.5. The number of esters is 1. The van der Waals surface area contributed by atoms with Crippen molar-refractivity contribution in [2.75, 3.05) is 17.7 Å². The van der Waals surface area contributed by atoms with Crippen molar-refractivity contribution in [3.8, 4) is 6.07 Å². The zero-order valence-electron chi connectivity index (χ0n) is 17.2. The van der Waals surface area contributed by atoms with Crippen LogP contribution in [0, 0.1) is 23.2 Å². The SMILES string of the molecule is CCOC(=O)C1=C(C)NC(SCC(=O)Nc2ccccc2)=C(C#N)C1CC(C)C. The zero-order chi connectivity index (χ0) is 21.4. The Morgan fingerprint density at radius 3 is 2.59 bits per heavy atom. The first-order chi connectivity index (χ1) is 13.9. The lowest BCUT2D eigenvalue weighted by molar-refractivity contribution is -0.139. The van der Waals surface area contributed by atoms with E-state index in [2.05, 4.69) is 30.6 Å². The Balaban J connectivity index is 2.20. The number of nitriles is 1. The van der Waals surface area contributed by atoms with Crippen LogP contribution >= 0.6 is 11.8 Å². The van der Waals surface area contributed by atoms with Crippen LogP contribution in [-0.4, -0.2) is 24.2 Å². The van der Waals surface area contributed by atoms with Crippen LogP contribution in [0.2, 0.25) is 0 Å². The van der Waals surface area contributed by atoms with E-state index in [0.29, 0.717) is 28.3 Å². The van der Waals surface area contributed by atoms with Crippen molar-refractivity contribution in [3.63, 3.8) is 0 Å². The number of rotatable bonds is 8. The molecular weight excluding hydrogens is 386 g/mol. The Labute approximate surface area is 176 Å². The van der Waals surface area contributed by atoms with Gasteiger partial charge in [0.1, 0.15) is 0 Å². The highest BCUT2D eigenvalue weighted by atomic mass is 32.2. The number of ether oxygens (including phenoxy) is 1. The van der Waals surface area contributed by atoms with Crippen molar-refractivity contribution in [2.45, 2.75) is 34.1 Å². The number of carbonyl (C=O) groups excluding carboxylic acids is 2. The molecule has 6 nitrogen and oxygen atoms in total. The normalized spacial score (nSPS) is 16.3. The predicted octanol–water partition coefficient (Wildman–Crippen LogP) is 4.20. The molecule has 0 radical (unpaired) electrons. The minimum Gasteiger partial charge on any atom is -0.463 e. The van der Waals surface area contributed by atoms with E-state index in [0.717, 1.165) is 5.69 Å². The predicted molar refractivity (Wildman–Crippen MR) is 116 cm³/mol. The summed E-state index contributed by atoms with van der Waals surface area (Å²) in [6.45, 7) is 7.94. The lowest BCUT2D eigenvalue weighted by Gasteiger charge is -2.29. The van der Waals surface area contributed by atoms with Crippen molar-refractivity contribution in [1.29, 1.82) is 5.26 Å². The Bertz CT molecular complexity index is 854. The van der Waals surface area contributed by atoms with Crippen molar-refractivity contribution >= 4 is 29.3 Å². The maximum Gasteiger partial charge on any atom is 0.336 e. The summed E-state index contributed by atoms with van der Waals surface area (Å²) in [6.07, 6.45) is 0.649. The van der Waals surface area contributed by atoms with Crippen LogP contribution < -0.4 is 10.6 Å². The molecule has 2 N–H and O–H groups in total. The zero-order valence-corrected chi connectivity index (χ0v) is 18.1. The molecule has 0 saturated heterocycles. The van der Waals surface area contributed by atoms with Gasteiger partial charge in [-0.2, -0.15) is 5.26 Å². The monoisotopic (exact) mass is 413 g/mol. The van der Waals surface area contributed by atoms with Crippen LogP contribution in [0.3, 0.4) is 0 Å². The first-order valence-electron chi connectivity index (χ1n) is 9.64. The number of thioether (sulfide) groups is 1. The van der Waals surface area contributed by atoms with E-state index in [1.54, 1.807) is 13.8 Å². The van der Waals surface area contributed by atoms with Crippen LogP contribution in [0.25, 0.3) is 0 Å². The lowest BCUT2D eigenvalue weighted by atomic mass is 9.82. The molecule has 0 aliphatic carbocycles. The number of allylic oxidation sites excluding steroid dienone is 2. The molecule has 29 heavy (non-hydrogen) atoms. The van der Waals surface area contributed by atoms with Gasteiger partial charge in [0.25, 0.3) is 0 Å². The maximum absolute atomic E-state index is 12.5. The molecule has 7 heteroatoms. The van der Waals surface area contributed by atoms with Crippen molar-refractivity contribution in [1.82, 2.24) is 5.32 Å². The highest BCUT2D eigenvalue weighted by Gasteiger charge is 2.34. The molecule has 0 spiro atoms. The van der Waals surface area contributed by atoms with Crippen LogP contribution in [-0.2, 0) is 14.3 Å². The number of benzene rings is 1. The second-order valence-corrected chi connectivity index (χ2v) is 8.11. The molecule has 0 fully saturated rings. The van der Waals surface area contributed by atoms with E-state index in [-0.39, 0.29) is 30.1 Å². The van der Waals surface area contributed by atoms with E-state index >= 15 is 0 Å². The largest absolute Gasteiger partial charge is 0.463 e. The molecule has 1 heterocycles. The highest BCUT2D eigenvalue weighted by Crippen LogP contribution is 2.38. The van der Waals surface area contributed by atoms with Gasteiger partial charge in [0.2, 0.25) is 5.91 Å². The number of carbonyl (C=O) groups is 2. The van der Waals surface area contributed by atoms with Gasteiger partial charge >= 0.3 is 5.97 Å². The summed E-state index contributed by atoms with van der Waals surface area (Å²) in [4.78, 5) is 24.8. The maximum atomic E-state index is 12.5. The molecule has 0 aromatic heterocycles. The van der Waals surface area contributed by atoms with Crippen molar-refractivity contribution in [3.05, 3.63) is 52.2 Å². The molecule has 1 aromatic rings. The summed E-state index contributed by atoms with van der Waals surface area (Å²) in [5, 5.41) is 16.4. The summed E-state index contributed by atoms with van der Waals surface area (Å²) in [7, 11) is 0. The van der Waals surface area contributed by atoms with Crippen molar-refractivity contribution in [2.24, 2.45) is 11.8 Å². The molecule has 1 aliphatic rings. The van der Waals surface area contributed by atoms with Gasteiger partial charge in [-0.3, -0.25) is 4.79 Å². The van der Waals surface area contributed by atoms with Gasteiger partial charge in [0, 0.05) is 17.3 Å². The minimum absolute atomic E-state index is 0.152. The molecule has 1 aliphatic heterocycles. The van der Waals surface area contributed by atoms with Gasteiger partial charge in [0.05, 0.1) is 34.6 Å². The summed E-state index contributed by atoms with van der Waals surface area (Å²) >= 11 is 1.27. The van der Waals surface area contributed by atoms with Gasteiger partial charge in [-0.25, -0.2) is 4.79 Å². The topological polar surface area (TPSA) is 91.2 Å². The minimum atomic E-state index is -0.401. The van der Waals surface area contributed by atoms with E-state index in [4.69, 9.17) is 4.74 Å². The number of amides is 1. The van der Waals surface area contributed by atoms with E-state index in [9.17, 15) is 14.9 Å². The molecule has 154 valence electrons. The number of para-hydroxylation sites is 1. The molecule has 1 unspecified atom stereocenters. The third kappa shape index (κ3) is 6.13. The van der Waals surface area contributed by atoms with Gasteiger partial charge in [0.15, 0.2) is 0 Å². The fourth-order valence-electron chi connectivity index (χ4n) is 3.18. The summed E-state index contributed by atoms with van der Waals surface area (Å²) in [5.74, 6) is -0.474. The van der Waals surface area contributed by atoms with Crippen LogP contribution in [0.1, 0.15) is 34.1 Å². The first kappa shape index (κ1) is 22.6.